The number of rotatable bonds is 2. The van der Waals surface area contributed by atoms with Crippen LogP contribution in [-0.4, -0.2) is 4.92 Å². The third-order valence-electron chi connectivity index (χ3n) is 2.88. The van der Waals surface area contributed by atoms with Crippen molar-refractivity contribution in [2.24, 2.45) is 0 Å². The minimum Gasteiger partial charge on any atom is -0.258 e. The zero-order chi connectivity index (χ0) is 18.5. The maximum Gasteiger partial charge on any atom is 0.309 e. The van der Waals surface area contributed by atoms with Gasteiger partial charge in [-0.05, 0) is 0 Å². The van der Waals surface area contributed by atoms with Gasteiger partial charge in [0.2, 0.25) is 0 Å². The Morgan fingerprint density at radius 1 is 0.500 bits per heavy atom. The van der Waals surface area contributed by atoms with Crippen LogP contribution in [0.5, 0.6) is 0 Å². The van der Waals surface area contributed by atoms with E-state index < -0.39 is 20.7 Å². The summed E-state index contributed by atoms with van der Waals surface area (Å²) >= 11 is 54.4. The van der Waals surface area contributed by atoms with Crippen LogP contribution in [0.25, 0.3) is 11.1 Å². The van der Waals surface area contributed by atoms with Gasteiger partial charge in [0.1, 0.15) is 10.0 Å². The van der Waals surface area contributed by atoms with Crippen molar-refractivity contribution in [3.8, 4) is 11.1 Å². The minimum absolute atomic E-state index is 0.00793. The predicted octanol–water partition coefficient (Wildman–Crippen LogP) is 9.14. The molecule has 0 spiro atoms. The second kappa shape index (κ2) is 7.59. The molecule has 12 heteroatoms. The van der Waals surface area contributed by atoms with E-state index in [2.05, 4.69) is 0 Å². The Bertz CT molecular complexity index is 839. The largest absolute Gasteiger partial charge is 0.309 e. The van der Waals surface area contributed by atoms with Crippen LogP contribution in [0, 0.1) is 10.1 Å². The number of hydrogen-bond donors (Lipinski definition) is 0. The quantitative estimate of drug-likeness (QED) is 0.175. The first-order valence-corrected chi connectivity index (χ1v) is 8.94. The number of nitrogens with zero attached hydrogens (tertiary/aromatic N) is 1. The molecule has 0 aromatic heterocycles. The van der Waals surface area contributed by atoms with Crippen LogP contribution in [0.3, 0.4) is 0 Å². The Labute approximate surface area is 180 Å². The van der Waals surface area contributed by atoms with Gasteiger partial charge in [0.15, 0.2) is 0 Å². The van der Waals surface area contributed by atoms with Crippen molar-refractivity contribution in [2.45, 2.75) is 0 Å². The molecule has 0 radical (unpaired) electrons. The van der Waals surface area contributed by atoms with Crippen LogP contribution < -0.4 is 0 Å². The van der Waals surface area contributed by atoms with Crippen LogP contribution >= 0.6 is 104 Å². The molecular weight excluding hydrogens is 509 g/mol. The highest BCUT2D eigenvalue weighted by Gasteiger charge is 2.32. The third kappa shape index (κ3) is 3.24. The van der Waals surface area contributed by atoms with Gasteiger partial charge in [-0.3, -0.25) is 10.1 Å². The highest BCUT2D eigenvalue weighted by atomic mass is 35.5. The van der Waals surface area contributed by atoms with E-state index in [-0.39, 0.29) is 46.3 Å². The van der Waals surface area contributed by atoms with Crippen molar-refractivity contribution in [3.63, 3.8) is 0 Å². The lowest BCUT2D eigenvalue weighted by Crippen LogP contribution is -1.96. The minimum atomic E-state index is -0.822. The molecule has 0 N–H and O–H groups in total. The molecule has 0 amide bonds. The lowest BCUT2D eigenvalue weighted by molar-refractivity contribution is -0.384. The van der Waals surface area contributed by atoms with Gasteiger partial charge in [-0.15, -0.1) is 0 Å². The molecule has 0 atom stereocenters. The summed E-state index contributed by atoms with van der Waals surface area (Å²) in [6.07, 6.45) is 0. The summed E-state index contributed by atoms with van der Waals surface area (Å²) in [4.78, 5) is 10.3. The molecule has 3 nitrogen and oxygen atoms in total. The van der Waals surface area contributed by atoms with Crippen molar-refractivity contribution >= 4 is 110 Å². The number of hydrogen-bond acceptors (Lipinski definition) is 2. The molecule has 0 aliphatic rings. The summed E-state index contributed by atoms with van der Waals surface area (Å²) in [6, 6.07) is 0. The van der Waals surface area contributed by atoms with E-state index in [1.165, 1.54) is 0 Å². The van der Waals surface area contributed by atoms with Crippen LogP contribution in [-0.2, 0) is 0 Å². The zero-order valence-corrected chi connectivity index (χ0v) is 17.5. The monoisotopic (exact) mass is 505 g/mol. The molecule has 0 unspecified atom stereocenters. The second-order valence-corrected chi connectivity index (χ2v) is 7.58. The van der Waals surface area contributed by atoms with E-state index in [9.17, 15) is 10.1 Å². The van der Waals surface area contributed by atoms with Crippen LogP contribution in [0.2, 0.25) is 45.2 Å². The van der Waals surface area contributed by atoms with Gasteiger partial charge in [-0.25, -0.2) is 0 Å². The van der Waals surface area contributed by atoms with E-state index >= 15 is 0 Å². The fourth-order valence-electron chi connectivity index (χ4n) is 1.82. The fourth-order valence-corrected chi connectivity index (χ4v) is 4.32. The van der Waals surface area contributed by atoms with E-state index in [1.807, 2.05) is 0 Å². The molecule has 2 aromatic carbocycles. The van der Waals surface area contributed by atoms with Gasteiger partial charge < -0.3 is 0 Å². The second-order valence-electron chi connectivity index (χ2n) is 4.18. The summed E-state index contributed by atoms with van der Waals surface area (Å²) in [7, 11) is 0. The van der Waals surface area contributed by atoms with Gasteiger partial charge >= 0.3 is 5.69 Å². The molecule has 0 saturated heterocycles. The summed E-state index contributed by atoms with van der Waals surface area (Å²) in [5.74, 6) is 0. The van der Waals surface area contributed by atoms with Gasteiger partial charge in [0, 0.05) is 11.1 Å². The Kier molecular flexibility index (Phi) is 6.57. The number of nitro benzene ring substituents is 1. The molecule has 24 heavy (non-hydrogen) atoms. The summed E-state index contributed by atoms with van der Waals surface area (Å²) in [6.45, 7) is 0. The average Bonchev–Trinajstić information content (AvgIpc) is 2.52. The van der Waals surface area contributed by atoms with E-state index in [0.29, 0.717) is 0 Å². The molecule has 2 rings (SSSR count). The van der Waals surface area contributed by atoms with Crippen molar-refractivity contribution in [1.29, 1.82) is 0 Å². The highest BCUT2D eigenvalue weighted by Crippen LogP contribution is 2.55. The summed E-state index contributed by atoms with van der Waals surface area (Å²) in [5, 5.41) is 9.06. The van der Waals surface area contributed by atoms with Crippen molar-refractivity contribution in [2.75, 3.05) is 0 Å². The number of benzene rings is 2. The van der Waals surface area contributed by atoms with E-state index in [4.69, 9.17) is 104 Å². The topological polar surface area (TPSA) is 43.1 Å². The SMILES string of the molecule is O=[N+]([O-])c1c(Cl)c(Cl)c(-c2c(Cl)c(Cl)c(Cl)c(Cl)c2Cl)c(Cl)c1Cl. The predicted molar refractivity (Wildman–Crippen MR) is 104 cm³/mol. The molecule has 0 aliphatic heterocycles. The lowest BCUT2D eigenvalue weighted by atomic mass is 10.0. The number of halogens is 9. The molecule has 0 heterocycles. The molecule has 0 bridgehead atoms. The van der Waals surface area contributed by atoms with Gasteiger partial charge in [-0.2, -0.15) is 0 Å². The Hall–Kier alpha value is 0.450. The van der Waals surface area contributed by atoms with Crippen LogP contribution in [0.4, 0.5) is 5.69 Å². The van der Waals surface area contributed by atoms with Crippen molar-refractivity contribution in [3.05, 3.63) is 55.3 Å². The van der Waals surface area contributed by atoms with Crippen molar-refractivity contribution in [1.82, 2.24) is 0 Å². The first-order chi connectivity index (χ1) is 11.0. The normalized spacial score (nSPS) is 11.0. The Morgan fingerprint density at radius 3 is 1.04 bits per heavy atom. The maximum atomic E-state index is 11.1. The van der Waals surface area contributed by atoms with E-state index in [0.717, 1.165) is 0 Å². The smallest absolute Gasteiger partial charge is 0.258 e. The Morgan fingerprint density at radius 2 is 0.750 bits per heavy atom. The fraction of sp³-hybridized carbons (Fsp3) is 0. The summed E-state index contributed by atoms with van der Waals surface area (Å²) in [5.41, 5.74) is -0.726. The van der Waals surface area contributed by atoms with Gasteiger partial charge in [0.25, 0.3) is 0 Å². The molecule has 128 valence electrons. The molecule has 0 saturated carbocycles. The van der Waals surface area contributed by atoms with Gasteiger partial charge in [-0.1, -0.05) is 104 Å². The van der Waals surface area contributed by atoms with Crippen molar-refractivity contribution < 1.29 is 4.92 Å². The molecule has 0 fully saturated rings. The molecule has 2 aromatic rings. The molecular formula is C12Cl9NO2. The molecule has 0 aliphatic carbocycles. The van der Waals surface area contributed by atoms with Crippen LogP contribution in [0.15, 0.2) is 0 Å². The number of nitro groups is 1. The lowest BCUT2D eigenvalue weighted by Gasteiger charge is -2.16. The Balaban J connectivity index is 3.04. The third-order valence-corrected chi connectivity index (χ3v) is 6.84. The highest BCUT2D eigenvalue weighted by molar-refractivity contribution is 6.58. The zero-order valence-electron chi connectivity index (χ0n) is 10.7. The van der Waals surface area contributed by atoms with Gasteiger partial charge in [0.05, 0.1) is 40.1 Å². The average molecular weight is 509 g/mol. The van der Waals surface area contributed by atoms with Crippen LogP contribution in [0.1, 0.15) is 0 Å². The van der Waals surface area contributed by atoms with E-state index in [1.54, 1.807) is 0 Å². The maximum absolute atomic E-state index is 11.1. The standard InChI is InChI=1S/C12Cl9NO2/c13-3-1(4(14)8(18)9(19)7(3)17)2-5(15)10(20)12(22(23)24)11(21)6(2)16. The first kappa shape index (κ1) is 20.8. The first-order valence-electron chi connectivity index (χ1n) is 5.54. The summed E-state index contributed by atoms with van der Waals surface area (Å²) < 4.78 is 0.